The minimum absolute atomic E-state index is 0.212. The molecule has 1 aliphatic heterocycles. The van der Waals surface area contributed by atoms with Crippen LogP contribution in [0.4, 0.5) is 0 Å². The predicted molar refractivity (Wildman–Crippen MR) is 76.0 cm³/mol. The zero-order valence-electron chi connectivity index (χ0n) is 12.4. The Morgan fingerprint density at radius 1 is 1.10 bits per heavy atom. The highest BCUT2D eigenvalue weighted by molar-refractivity contribution is 5.82. The minimum Gasteiger partial charge on any atom is -0.479 e. The lowest BCUT2D eigenvalue weighted by Crippen LogP contribution is -2.36. The van der Waals surface area contributed by atoms with Gasteiger partial charge in [0.25, 0.3) is 0 Å². The SMILES string of the molecule is O=C(O)C1CCC(C(=O)NCCCOC2CCCCC2)O1. The summed E-state index contributed by atoms with van der Waals surface area (Å²) in [6, 6.07) is 0. The number of carbonyl (C=O) groups excluding carboxylic acids is 1. The van der Waals surface area contributed by atoms with Gasteiger partial charge in [-0.1, -0.05) is 19.3 Å². The number of carbonyl (C=O) groups is 2. The van der Waals surface area contributed by atoms with Gasteiger partial charge in [0.1, 0.15) is 6.10 Å². The molecular weight excluding hydrogens is 274 g/mol. The Kier molecular flexibility index (Phi) is 6.45. The molecule has 0 radical (unpaired) electrons. The van der Waals surface area contributed by atoms with Crippen molar-refractivity contribution in [3.8, 4) is 0 Å². The molecule has 1 amide bonds. The first-order valence-electron chi connectivity index (χ1n) is 7.94. The van der Waals surface area contributed by atoms with Gasteiger partial charge < -0.3 is 19.9 Å². The Bertz CT molecular complexity index is 354. The molecule has 2 atom stereocenters. The summed E-state index contributed by atoms with van der Waals surface area (Å²) in [5.41, 5.74) is 0. The van der Waals surface area contributed by atoms with Gasteiger partial charge in [0.15, 0.2) is 6.10 Å². The Balaban J connectivity index is 1.52. The quantitative estimate of drug-likeness (QED) is 0.695. The van der Waals surface area contributed by atoms with E-state index in [1.165, 1.54) is 19.3 Å². The largest absolute Gasteiger partial charge is 0.479 e. The number of hydrogen-bond acceptors (Lipinski definition) is 4. The Morgan fingerprint density at radius 2 is 1.81 bits per heavy atom. The molecular formula is C15H25NO5. The molecule has 6 heteroatoms. The van der Waals surface area contributed by atoms with Crippen molar-refractivity contribution >= 4 is 11.9 Å². The molecule has 1 aliphatic carbocycles. The van der Waals surface area contributed by atoms with E-state index in [2.05, 4.69) is 5.32 Å². The van der Waals surface area contributed by atoms with Gasteiger partial charge in [-0.15, -0.1) is 0 Å². The third-order valence-electron chi connectivity index (χ3n) is 4.11. The Hall–Kier alpha value is -1.14. The van der Waals surface area contributed by atoms with Crippen LogP contribution in [0.15, 0.2) is 0 Å². The molecule has 1 saturated heterocycles. The van der Waals surface area contributed by atoms with Gasteiger partial charge >= 0.3 is 5.97 Å². The number of carboxylic acids is 1. The molecule has 21 heavy (non-hydrogen) atoms. The average Bonchev–Trinajstić information content (AvgIpc) is 2.98. The van der Waals surface area contributed by atoms with Gasteiger partial charge in [0.05, 0.1) is 6.10 Å². The summed E-state index contributed by atoms with van der Waals surface area (Å²) in [7, 11) is 0. The third kappa shape index (κ3) is 5.28. The fraction of sp³-hybridized carbons (Fsp3) is 0.867. The summed E-state index contributed by atoms with van der Waals surface area (Å²) in [6.45, 7) is 1.21. The number of rotatable bonds is 7. The Labute approximate surface area is 125 Å². The van der Waals surface area contributed by atoms with E-state index < -0.39 is 18.2 Å². The normalized spacial score (nSPS) is 26.7. The van der Waals surface area contributed by atoms with Gasteiger partial charge in [-0.05, 0) is 32.1 Å². The Morgan fingerprint density at radius 3 is 2.48 bits per heavy atom. The second kappa shape index (κ2) is 8.34. The molecule has 120 valence electrons. The molecule has 0 bridgehead atoms. The number of aliphatic carboxylic acids is 1. The van der Waals surface area contributed by atoms with E-state index in [1.54, 1.807) is 0 Å². The lowest BCUT2D eigenvalue weighted by atomic mass is 9.98. The molecule has 2 aliphatic rings. The molecule has 2 fully saturated rings. The molecule has 2 rings (SSSR count). The molecule has 1 saturated carbocycles. The van der Waals surface area contributed by atoms with Crippen LogP contribution < -0.4 is 5.32 Å². The van der Waals surface area contributed by atoms with Crippen molar-refractivity contribution in [1.29, 1.82) is 0 Å². The van der Waals surface area contributed by atoms with Crippen LogP contribution in [0.25, 0.3) is 0 Å². The van der Waals surface area contributed by atoms with Crippen LogP contribution in [0.1, 0.15) is 51.4 Å². The summed E-state index contributed by atoms with van der Waals surface area (Å²) in [5.74, 6) is -1.21. The fourth-order valence-corrected chi connectivity index (χ4v) is 2.89. The summed E-state index contributed by atoms with van der Waals surface area (Å²) < 4.78 is 11.0. The minimum atomic E-state index is -0.994. The number of amides is 1. The second-order valence-corrected chi connectivity index (χ2v) is 5.80. The van der Waals surface area contributed by atoms with Crippen LogP contribution in [0, 0.1) is 0 Å². The van der Waals surface area contributed by atoms with E-state index in [-0.39, 0.29) is 5.91 Å². The molecule has 1 heterocycles. The summed E-state index contributed by atoms with van der Waals surface area (Å²) in [6.07, 6.45) is 6.71. The van der Waals surface area contributed by atoms with E-state index in [4.69, 9.17) is 14.6 Å². The predicted octanol–water partition coefficient (Wildman–Crippen LogP) is 1.47. The lowest BCUT2D eigenvalue weighted by Gasteiger charge is -2.22. The maximum absolute atomic E-state index is 11.8. The lowest BCUT2D eigenvalue weighted by molar-refractivity contribution is -0.151. The van der Waals surface area contributed by atoms with Gasteiger partial charge in [0, 0.05) is 13.2 Å². The second-order valence-electron chi connectivity index (χ2n) is 5.80. The standard InChI is InChI=1S/C15H25NO5/c17-14(12-7-8-13(21-12)15(18)19)16-9-4-10-20-11-5-2-1-3-6-11/h11-13H,1-10H2,(H,16,17)(H,18,19). The van der Waals surface area contributed by atoms with Gasteiger partial charge in [-0.25, -0.2) is 4.79 Å². The van der Waals surface area contributed by atoms with Gasteiger partial charge in [0.2, 0.25) is 5.91 Å². The summed E-state index contributed by atoms with van der Waals surface area (Å²) in [5, 5.41) is 11.6. The highest BCUT2D eigenvalue weighted by Gasteiger charge is 2.34. The topological polar surface area (TPSA) is 84.9 Å². The molecule has 0 spiro atoms. The number of nitrogens with one attached hydrogen (secondary N) is 1. The van der Waals surface area contributed by atoms with Crippen LogP contribution in [-0.2, 0) is 19.1 Å². The molecule has 6 nitrogen and oxygen atoms in total. The zero-order valence-corrected chi connectivity index (χ0v) is 12.4. The van der Waals surface area contributed by atoms with Crippen LogP contribution in [0.3, 0.4) is 0 Å². The fourth-order valence-electron chi connectivity index (χ4n) is 2.89. The molecule has 2 N–H and O–H groups in total. The van der Waals surface area contributed by atoms with Crippen LogP contribution in [0.2, 0.25) is 0 Å². The number of carboxylic acid groups (broad SMARTS) is 1. The zero-order chi connectivity index (χ0) is 15.1. The highest BCUT2D eigenvalue weighted by Crippen LogP contribution is 2.21. The molecule has 0 aromatic carbocycles. The van der Waals surface area contributed by atoms with E-state index in [1.807, 2.05) is 0 Å². The van der Waals surface area contributed by atoms with E-state index >= 15 is 0 Å². The monoisotopic (exact) mass is 299 g/mol. The van der Waals surface area contributed by atoms with E-state index in [0.717, 1.165) is 19.3 Å². The number of ether oxygens (including phenoxy) is 2. The first-order chi connectivity index (χ1) is 10.2. The van der Waals surface area contributed by atoms with Crippen molar-refractivity contribution in [1.82, 2.24) is 5.32 Å². The van der Waals surface area contributed by atoms with Crippen molar-refractivity contribution < 1.29 is 24.2 Å². The van der Waals surface area contributed by atoms with Crippen LogP contribution in [-0.4, -0.2) is 48.4 Å². The van der Waals surface area contributed by atoms with Crippen molar-refractivity contribution in [2.75, 3.05) is 13.2 Å². The summed E-state index contributed by atoms with van der Waals surface area (Å²) >= 11 is 0. The van der Waals surface area contributed by atoms with Crippen molar-refractivity contribution in [3.63, 3.8) is 0 Å². The van der Waals surface area contributed by atoms with E-state index in [9.17, 15) is 9.59 Å². The van der Waals surface area contributed by atoms with Crippen molar-refractivity contribution in [2.45, 2.75) is 69.7 Å². The molecule has 2 unspecified atom stereocenters. The van der Waals surface area contributed by atoms with Crippen LogP contribution in [0.5, 0.6) is 0 Å². The highest BCUT2D eigenvalue weighted by atomic mass is 16.5. The summed E-state index contributed by atoms with van der Waals surface area (Å²) in [4.78, 5) is 22.6. The smallest absolute Gasteiger partial charge is 0.332 e. The molecule has 0 aromatic rings. The van der Waals surface area contributed by atoms with Crippen LogP contribution >= 0.6 is 0 Å². The maximum Gasteiger partial charge on any atom is 0.332 e. The van der Waals surface area contributed by atoms with Gasteiger partial charge in [-0.3, -0.25) is 4.79 Å². The third-order valence-corrected chi connectivity index (χ3v) is 4.11. The van der Waals surface area contributed by atoms with Crippen molar-refractivity contribution in [3.05, 3.63) is 0 Å². The maximum atomic E-state index is 11.8. The van der Waals surface area contributed by atoms with Crippen molar-refractivity contribution in [2.24, 2.45) is 0 Å². The first kappa shape index (κ1) is 16.2. The number of hydrogen-bond donors (Lipinski definition) is 2. The average molecular weight is 299 g/mol. The first-order valence-corrected chi connectivity index (χ1v) is 7.94. The van der Waals surface area contributed by atoms with Gasteiger partial charge in [-0.2, -0.15) is 0 Å². The van der Waals surface area contributed by atoms with E-state index in [0.29, 0.717) is 32.1 Å². The molecule has 0 aromatic heterocycles.